The lowest BCUT2D eigenvalue weighted by molar-refractivity contribution is 0.201. The summed E-state index contributed by atoms with van der Waals surface area (Å²) < 4.78 is 5.09. The van der Waals surface area contributed by atoms with Crippen LogP contribution in [0, 0.1) is 0 Å². The van der Waals surface area contributed by atoms with Crippen LogP contribution in [0.2, 0.25) is 0 Å². The number of ether oxygens (including phenoxy) is 1. The van der Waals surface area contributed by atoms with Gasteiger partial charge in [0.15, 0.2) is 0 Å². The minimum absolute atomic E-state index is 0.0728. The van der Waals surface area contributed by atoms with Crippen LogP contribution in [0.25, 0.3) is 0 Å². The van der Waals surface area contributed by atoms with E-state index in [1.54, 1.807) is 24.3 Å². The van der Waals surface area contributed by atoms with Crippen molar-refractivity contribution in [3.8, 4) is 5.75 Å². The van der Waals surface area contributed by atoms with Crippen LogP contribution in [0.4, 0.5) is 10.5 Å². The summed E-state index contributed by atoms with van der Waals surface area (Å²) in [5.41, 5.74) is 0.438. The zero-order valence-corrected chi connectivity index (χ0v) is 7.43. The van der Waals surface area contributed by atoms with Gasteiger partial charge in [-0.15, -0.1) is 0 Å². The van der Waals surface area contributed by atoms with E-state index in [0.29, 0.717) is 11.4 Å². The van der Waals surface area contributed by atoms with Gasteiger partial charge in [0.1, 0.15) is 12.4 Å². The van der Waals surface area contributed by atoms with Crippen LogP contribution in [-0.4, -0.2) is 29.5 Å². The molecule has 0 aromatic heterocycles. The Balaban J connectivity index is 2.63. The Labute approximate surface area is 80.9 Å². The molecular weight excluding hydrogens is 186 g/mol. The van der Waals surface area contributed by atoms with Crippen LogP contribution in [-0.2, 0) is 0 Å². The molecule has 0 saturated heterocycles. The summed E-state index contributed by atoms with van der Waals surface area (Å²) in [5.74, 6) is 0.519. The molecule has 1 rings (SSSR count). The SMILES string of the molecule is O=C(O)Nc1cccc(OCCO)c1. The third-order valence-electron chi connectivity index (χ3n) is 1.45. The molecule has 1 aromatic carbocycles. The molecule has 0 unspecified atom stereocenters. The Kier molecular flexibility index (Phi) is 3.75. The fourth-order valence-corrected chi connectivity index (χ4v) is 0.951. The van der Waals surface area contributed by atoms with Gasteiger partial charge in [-0.2, -0.15) is 0 Å². The summed E-state index contributed by atoms with van der Waals surface area (Å²) in [6.45, 7) is 0.118. The number of carboxylic acid groups (broad SMARTS) is 1. The Bertz CT molecular complexity index is 313. The number of nitrogens with one attached hydrogen (secondary N) is 1. The standard InChI is InChI=1S/C9H11NO4/c11-4-5-14-8-3-1-2-7(6-8)10-9(12)13/h1-3,6,10-11H,4-5H2,(H,12,13). The second-order valence-electron chi connectivity index (χ2n) is 2.53. The average molecular weight is 197 g/mol. The number of aliphatic hydroxyl groups excluding tert-OH is 1. The number of carbonyl (C=O) groups is 1. The molecule has 0 radical (unpaired) electrons. The molecule has 1 amide bonds. The average Bonchev–Trinajstić information content (AvgIpc) is 2.14. The summed E-state index contributed by atoms with van der Waals surface area (Å²) >= 11 is 0. The lowest BCUT2D eigenvalue weighted by Crippen LogP contribution is -2.07. The lowest BCUT2D eigenvalue weighted by atomic mass is 10.3. The molecule has 5 nitrogen and oxygen atoms in total. The predicted octanol–water partition coefficient (Wildman–Crippen LogP) is 1.15. The highest BCUT2D eigenvalue weighted by molar-refractivity contribution is 5.83. The van der Waals surface area contributed by atoms with E-state index in [2.05, 4.69) is 5.32 Å². The van der Waals surface area contributed by atoms with Crippen molar-refractivity contribution in [2.45, 2.75) is 0 Å². The number of aliphatic hydroxyl groups is 1. The Hall–Kier alpha value is -1.75. The van der Waals surface area contributed by atoms with Crippen molar-refractivity contribution < 1.29 is 19.7 Å². The molecule has 0 atom stereocenters. The van der Waals surface area contributed by atoms with Gasteiger partial charge in [0.25, 0.3) is 0 Å². The Morgan fingerprint density at radius 2 is 2.29 bits per heavy atom. The monoisotopic (exact) mass is 197 g/mol. The van der Waals surface area contributed by atoms with Crippen molar-refractivity contribution in [3.05, 3.63) is 24.3 Å². The van der Waals surface area contributed by atoms with E-state index in [0.717, 1.165) is 0 Å². The number of hydrogen-bond acceptors (Lipinski definition) is 3. The van der Waals surface area contributed by atoms with Gasteiger partial charge >= 0.3 is 6.09 Å². The first kappa shape index (κ1) is 10.3. The van der Waals surface area contributed by atoms with Gasteiger partial charge in [0, 0.05) is 11.8 Å². The molecular formula is C9H11NO4. The van der Waals surface area contributed by atoms with Gasteiger partial charge in [-0.05, 0) is 12.1 Å². The first-order valence-corrected chi connectivity index (χ1v) is 4.06. The first-order chi connectivity index (χ1) is 6.72. The van der Waals surface area contributed by atoms with Crippen molar-refractivity contribution >= 4 is 11.8 Å². The van der Waals surface area contributed by atoms with Crippen molar-refractivity contribution in [1.82, 2.24) is 0 Å². The normalized spacial score (nSPS) is 9.50. The molecule has 14 heavy (non-hydrogen) atoms. The van der Waals surface area contributed by atoms with Crippen LogP contribution in [0.5, 0.6) is 5.75 Å². The van der Waals surface area contributed by atoms with Gasteiger partial charge in [-0.25, -0.2) is 4.79 Å². The zero-order valence-electron chi connectivity index (χ0n) is 7.43. The van der Waals surface area contributed by atoms with Gasteiger partial charge in [-0.3, -0.25) is 5.32 Å². The third kappa shape index (κ3) is 3.32. The molecule has 0 saturated carbocycles. The second-order valence-corrected chi connectivity index (χ2v) is 2.53. The van der Waals surface area contributed by atoms with Crippen LogP contribution in [0.3, 0.4) is 0 Å². The van der Waals surface area contributed by atoms with E-state index in [1.807, 2.05) is 0 Å². The van der Waals surface area contributed by atoms with Gasteiger partial charge < -0.3 is 14.9 Å². The molecule has 0 heterocycles. The molecule has 0 bridgehead atoms. The lowest BCUT2D eigenvalue weighted by Gasteiger charge is -2.05. The summed E-state index contributed by atoms with van der Waals surface area (Å²) in [5, 5.41) is 19.1. The fourth-order valence-electron chi connectivity index (χ4n) is 0.951. The van der Waals surface area contributed by atoms with Crippen LogP contribution in [0.15, 0.2) is 24.3 Å². The van der Waals surface area contributed by atoms with Crippen molar-refractivity contribution in [3.63, 3.8) is 0 Å². The largest absolute Gasteiger partial charge is 0.491 e. The molecule has 0 aliphatic heterocycles. The molecule has 76 valence electrons. The quantitative estimate of drug-likeness (QED) is 0.676. The van der Waals surface area contributed by atoms with E-state index in [1.165, 1.54) is 0 Å². The predicted molar refractivity (Wildman–Crippen MR) is 50.7 cm³/mol. The minimum Gasteiger partial charge on any atom is -0.491 e. The fraction of sp³-hybridized carbons (Fsp3) is 0.222. The van der Waals surface area contributed by atoms with Crippen molar-refractivity contribution in [1.29, 1.82) is 0 Å². The third-order valence-corrected chi connectivity index (χ3v) is 1.45. The van der Waals surface area contributed by atoms with Crippen LogP contribution in [0.1, 0.15) is 0 Å². The maximum Gasteiger partial charge on any atom is 0.409 e. The maximum atomic E-state index is 10.3. The highest BCUT2D eigenvalue weighted by atomic mass is 16.5. The number of rotatable bonds is 4. The Morgan fingerprint density at radius 1 is 1.50 bits per heavy atom. The molecule has 0 spiro atoms. The topological polar surface area (TPSA) is 78.8 Å². The number of benzene rings is 1. The van der Waals surface area contributed by atoms with Gasteiger partial charge in [0.05, 0.1) is 6.61 Å². The minimum atomic E-state index is -1.12. The van der Waals surface area contributed by atoms with E-state index < -0.39 is 6.09 Å². The van der Waals surface area contributed by atoms with E-state index in [9.17, 15) is 4.79 Å². The molecule has 0 fully saturated rings. The number of anilines is 1. The molecule has 0 aliphatic carbocycles. The second kappa shape index (κ2) is 5.08. The summed E-state index contributed by atoms with van der Waals surface area (Å²) in [6.07, 6.45) is -1.12. The highest BCUT2D eigenvalue weighted by Crippen LogP contribution is 2.16. The summed E-state index contributed by atoms with van der Waals surface area (Å²) in [7, 11) is 0. The van der Waals surface area contributed by atoms with Crippen molar-refractivity contribution in [2.75, 3.05) is 18.5 Å². The summed E-state index contributed by atoms with van der Waals surface area (Å²) in [4.78, 5) is 10.3. The van der Waals surface area contributed by atoms with Crippen molar-refractivity contribution in [2.24, 2.45) is 0 Å². The molecule has 1 aromatic rings. The molecule has 0 aliphatic rings. The maximum absolute atomic E-state index is 10.3. The highest BCUT2D eigenvalue weighted by Gasteiger charge is 1.99. The summed E-state index contributed by atoms with van der Waals surface area (Å²) in [6, 6.07) is 6.50. The van der Waals surface area contributed by atoms with Gasteiger partial charge in [0.2, 0.25) is 0 Å². The first-order valence-electron chi connectivity index (χ1n) is 4.06. The Morgan fingerprint density at radius 3 is 2.93 bits per heavy atom. The number of amides is 1. The van der Waals surface area contributed by atoms with E-state index >= 15 is 0 Å². The van der Waals surface area contributed by atoms with E-state index in [-0.39, 0.29) is 13.2 Å². The molecule has 3 N–H and O–H groups in total. The van der Waals surface area contributed by atoms with Gasteiger partial charge in [-0.1, -0.05) is 6.07 Å². The molecule has 5 heteroatoms. The van der Waals surface area contributed by atoms with Crippen LogP contribution >= 0.6 is 0 Å². The van der Waals surface area contributed by atoms with Crippen LogP contribution < -0.4 is 10.1 Å². The number of hydrogen-bond donors (Lipinski definition) is 3. The zero-order chi connectivity index (χ0) is 10.4. The van der Waals surface area contributed by atoms with E-state index in [4.69, 9.17) is 14.9 Å². The smallest absolute Gasteiger partial charge is 0.409 e.